The third kappa shape index (κ3) is 5.21. The number of benzene rings is 2. The highest BCUT2D eigenvalue weighted by molar-refractivity contribution is 7.80. The summed E-state index contributed by atoms with van der Waals surface area (Å²) >= 11 is 5.26. The van der Waals surface area contributed by atoms with E-state index in [2.05, 4.69) is 15.4 Å². The van der Waals surface area contributed by atoms with Crippen LogP contribution >= 0.6 is 12.2 Å². The molecular weight excluding hydrogens is 402 g/mol. The van der Waals surface area contributed by atoms with Gasteiger partial charge in [-0.1, -0.05) is 12.1 Å². The van der Waals surface area contributed by atoms with E-state index < -0.39 is 11.9 Å². The van der Waals surface area contributed by atoms with E-state index in [0.29, 0.717) is 22.4 Å². The van der Waals surface area contributed by atoms with Gasteiger partial charge in [0, 0.05) is 18.7 Å². The molecule has 0 atom stereocenters. The van der Waals surface area contributed by atoms with Crippen LogP contribution in [0.4, 0.5) is 5.69 Å². The van der Waals surface area contributed by atoms with Gasteiger partial charge in [-0.05, 0) is 67.9 Å². The van der Waals surface area contributed by atoms with Gasteiger partial charge < -0.3 is 15.0 Å². The number of amides is 2. The normalized spacial score (nSPS) is 13.3. The molecule has 2 aromatic carbocycles. The van der Waals surface area contributed by atoms with Crippen molar-refractivity contribution in [2.75, 3.05) is 25.5 Å². The second kappa shape index (κ2) is 9.98. The predicted octanol–water partition coefficient (Wildman–Crippen LogP) is 3.23. The lowest BCUT2D eigenvalue weighted by Crippen LogP contribution is -2.37. The van der Waals surface area contributed by atoms with Crippen LogP contribution in [-0.4, -0.2) is 48.0 Å². The zero-order valence-corrected chi connectivity index (χ0v) is 17.5. The SMILES string of the molecule is COC(=O)c1ccc(C(=O)NC(=S)Nc2ccccc2C(=O)N2CCCCC2)cc1. The lowest BCUT2D eigenvalue weighted by atomic mass is 10.1. The van der Waals surface area contributed by atoms with Gasteiger partial charge in [-0.2, -0.15) is 0 Å². The number of para-hydroxylation sites is 1. The smallest absolute Gasteiger partial charge is 0.337 e. The largest absolute Gasteiger partial charge is 0.465 e. The Balaban J connectivity index is 1.65. The van der Waals surface area contributed by atoms with Gasteiger partial charge in [-0.25, -0.2) is 4.79 Å². The molecule has 7 nitrogen and oxygen atoms in total. The molecule has 156 valence electrons. The van der Waals surface area contributed by atoms with Crippen molar-refractivity contribution in [3.05, 3.63) is 65.2 Å². The molecular formula is C22H23N3O4S. The Hall–Kier alpha value is -3.26. The summed E-state index contributed by atoms with van der Waals surface area (Å²) in [5.41, 5.74) is 1.74. The standard InChI is InChI=1S/C22H23N3O4S/c1-29-21(28)16-11-9-15(10-12-16)19(26)24-22(30)23-18-8-4-3-7-17(18)20(27)25-13-5-2-6-14-25/h3-4,7-12H,2,5-6,13-14H2,1H3,(H2,23,24,26,30). The molecule has 1 heterocycles. The third-order valence-electron chi connectivity index (χ3n) is 4.84. The van der Waals surface area contributed by atoms with E-state index in [0.717, 1.165) is 32.4 Å². The number of carbonyl (C=O) groups excluding carboxylic acids is 3. The summed E-state index contributed by atoms with van der Waals surface area (Å²) in [7, 11) is 1.29. The average molecular weight is 426 g/mol. The molecule has 0 spiro atoms. The lowest BCUT2D eigenvalue weighted by Gasteiger charge is -2.27. The summed E-state index contributed by atoms with van der Waals surface area (Å²) < 4.78 is 4.64. The lowest BCUT2D eigenvalue weighted by molar-refractivity contribution is 0.0600. The number of anilines is 1. The molecule has 1 saturated heterocycles. The fourth-order valence-electron chi connectivity index (χ4n) is 3.25. The van der Waals surface area contributed by atoms with Gasteiger partial charge in [0.15, 0.2) is 5.11 Å². The monoisotopic (exact) mass is 425 g/mol. The highest BCUT2D eigenvalue weighted by Crippen LogP contribution is 2.20. The minimum atomic E-state index is -0.478. The van der Waals surface area contributed by atoms with Gasteiger partial charge in [0.05, 0.1) is 23.9 Å². The van der Waals surface area contributed by atoms with E-state index in [1.807, 2.05) is 4.90 Å². The maximum atomic E-state index is 12.9. The van der Waals surface area contributed by atoms with Crippen LogP contribution in [0, 0.1) is 0 Å². The highest BCUT2D eigenvalue weighted by Gasteiger charge is 2.21. The van der Waals surface area contributed by atoms with Crippen molar-refractivity contribution in [1.29, 1.82) is 0 Å². The number of likely N-dealkylation sites (tertiary alicyclic amines) is 1. The van der Waals surface area contributed by atoms with E-state index in [1.165, 1.54) is 31.4 Å². The molecule has 0 radical (unpaired) electrons. The Morgan fingerprint density at radius 1 is 0.933 bits per heavy atom. The summed E-state index contributed by atoms with van der Waals surface area (Å²) in [5, 5.41) is 5.62. The molecule has 3 rings (SSSR count). The number of thiocarbonyl (C=S) groups is 1. The van der Waals surface area contributed by atoms with Crippen LogP contribution in [0.3, 0.4) is 0 Å². The first kappa shape index (κ1) is 21.4. The van der Waals surface area contributed by atoms with Gasteiger partial charge in [-0.3, -0.25) is 14.9 Å². The van der Waals surface area contributed by atoms with Gasteiger partial charge in [-0.15, -0.1) is 0 Å². The van der Waals surface area contributed by atoms with Crippen molar-refractivity contribution in [2.45, 2.75) is 19.3 Å². The summed E-state index contributed by atoms with van der Waals surface area (Å²) in [6, 6.07) is 13.1. The minimum Gasteiger partial charge on any atom is -0.465 e. The summed E-state index contributed by atoms with van der Waals surface area (Å²) in [5.74, 6) is -0.955. The number of nitrogens with zero attached hydrogens (tertiary/aromatic N) is 1. The van der Waals surface area contributed by atoms with Crippen molar-refractivity contribution >= 4 is 40.8 Å². The number of methoxy groups -OCH3 is 1. The molecule has 2 N–H and O–H groups in total. The fraction of sp³-hybridized carbons (Fsp3) is 0.273. The number of nitrogens with one attached hydrogen (secondary N) is 2. The number of esters is 1. The number of rotatable bonds is 4. The van der Waals surface area contributed by atoms with Crippen molar-refractivity contribution in [2.24, 2.45) is 0 Å². The molecule has 2 amide bonds. The molecule has 1 aliphatic rings. The van der Waals surface area contributed by atoms with Gasteiger partial charge in [0.25, 0.3) is 11.8 Å². The van der Waals surface area contributed by atoms with E-state index in [1.54, 1.807) is 24.3 Å². The van der Waals surface area contributed by atoms with Crippen molar-refractivity contribution in [1.82, 2.24) is 10.2 Å². The van der Waals surface area contributed by atoms with Crippen LogP contribution in [0.1, 0.15) is 50.3 Å². The highest BCUT2D eigenvalue weighted by atomic mass is 32.1. The zero-order chi connectivity index (χ0) is 21.5. The molecule has 2 aromatic rings. The van der Waals surface area contributed by atoms with Crippen LogP contribution in [0.2, 0.25) is 0 Å². The fourth-order valence-corrected chi connectivity index (χ4v) is 3.45. The molecule has 0 bridgehead atoms. The summed E-state index contributed by atoms with van der Waals surface area (Å²) in [4.78, 5) is 38.6. The first-order valence-corrected chi connectivity index (χ1v) is 10.1. The second-order valence-corrected chi connectivity index (χ2v) is 7.28. The van der Waals surface area contributed by atoms with Gasteiger partial charge in [0.2, 0.25) is 0 Å². The summed E-state index contributed by atoms with van der Waals surface area (Å²) in [6.07, 6.45) is 3.15. The van der Waals surface area contributed by atoms with E-state index in [9.17, 15) is 14.4 Å². The topological polar surface area (TPSA) is 87.7 Å². The van der Waals surface area contributed by atoms with Crippen LogP contribution < -0.4 is 10.6 Å². The minimum absolute atomic E-state index is 0.0506. The van der Waals surface area contributed by atoms with Gasteiger partial charge in [0.1, 0.15) is 0 Å². The van der Waals surface area contributed by atoms with Crippen LogP contribution in [0.15, 0.2) is 48.5 Å². The molecule has 30 heavy (non-hydrogen) atoms. The van der Waals surface area contributed by atoms with E-state index in [4.69, 9.17) is 12.2 Å². The molecule has 1 aliphatic heterocycles. The van der Waals surface area contributed by atoms with Crippen molar-refractivity contribution in [3.8, 4) is 0 Å². The predicted molar refractivity (Wildman–Crippen MR) is 118 cm³/mol. The van der Waals surface area contributed by atoms with Gasteiger partial charge >= 0.3 is 5.97 Å². The Morgan fingerprint density at radius 3 is 2.23 bits per heavy atom. The molecule has 8 heteroatoms. The summed E-state index contributed by atoms with van der Waals surface area (Å²) in [6.45, 7) is 1.49. The van der Waals surface area contributed by atoms with Crippen molar-refractivity contribution < 1.29 is 19.1 Å². The number of hydrogen-bond donors (Lipinski definition) is 2. The number of ether oxygens (including phenoxy) is 1. The maximum Gasteiger partial charge on any atom is 0.337 e. The van der Waals surface area contributed by atoms with E-state index >= 15 is 0 Å². The Labute approximate surface area is 180 Å². The van der Waals surface area contributed by atoms with Crippen LogP contribution in [-0.2, 0) is 4.74 Å². The molecule has 1 fully saturated rings. The molecule has 0 aliphatic carbocycles. The molecule has 0 saturated carbocycles. The van der Waals surface area contributed by atoms with Crippen LogP contribution in [0.5, 0.6) is 0 Å². The number of piperidine rings is 1. The third-order valence-corrected chi connectivity index (χ3v) is 5.05. The zero-order valence-electron chi connectivity index (χ0n) is 16.6. The Morgan fingerprint density at radius 2 is 1.57 bits per heavy atom. The van der Waals surface area contributed by atoms with Crippen molar-refractivity contribution in [3.63, 3.8) is 0 Å². The first-order chi connectivity index (χ1) is 14.5. The quantitative estimate of drug-likeness (QED) is 0.578. The Bertz CT molecular complexity index is 953. The molecule has 0 unspecified atom stereocenters. The first-order valence-electron chi connectivity index (χ1n) is 9.68. The van der Waals surface area contributed by atoms with E-state index in [-0.39, 0.29) is 11.0 Å². The molecule has 0 aromatic heterocycles. The maximum absolute atomic E-state index is 12.9. The number of carbonyl (C=O) groups is 3. The Kier molecular flexibility index (Phi) is 7.13. The van der Waals surface area contributed by atoms with Crippen LogP contribution in [0.25, 0.3) is 0 Å². The average Bonchev–Trinajstić information content (AvgIpc) is 2.79. The second-order valence-electron chi connectivity index (χ2n) is 6.88. The number of hydrogen-bond acceptors (Lipinski definition) is 5.